The summed E-state index contributed by atoms with van der Waals surface area (Å²) in [6.45, 7) is 3.64. The summed E-state index contributed by atoms with van der Waals surface area (Å²) in [7, 11) is 0. The molecule has 4 heterocycles. The molecule has 4 aliphatic rings. The maximum absolute atomic E-state index is 14.5. The number of carbonyl (C=O) groups is 7. The van der Waals surface area contributed by atoms with Gasteiger partial charge in [0.15, 0.2) is 0 Å². The van der Waals surface area contributed by atoms with E-state index in [9.17, 15) is 33.6 Å². The summed E-state index contributed by atoms with van der Waals surface area (Å²) < 4.78 is 5.73. The van der Waals surface area contributed by atoms with Gasteiger partial charge in [-0.25, -0.2) is 9.59 Å². The second-order valence-corrected chi connectivity index (χ2v) is 15.3. The average Bonchev–Trinajstić information content (AvgIpc) is 3.83. The highest BCUT2D eigenvalue weighted by Gasteiger charge is 2.46. The van der Waals surface area contributed by atoms with Crippen LogP contribution in [0.2, 0.25) is 5.02 Å². The van der Waals surface area contributed by atoms with E-state index in [0.29, 0.717) is 55.8 Å². The summed E-state index contributed by atoms with van der Waals surface area (Å²) in [6, 6.07) is 8.40. The third-order valence-corrected chi connectivity index (χ3v) is 11.0. The highest BCUT2D eigenvalue weighted by Crippen LogP contribution is 2.28. The molecule has 0 spiro atoms. The van der Waals surface area contributed by atoms with Gasteiger partial charge < -0.3 is 40.7 Å². The number of urea groups is 1. The molecular formula is C39H48ClN7O8. The van der Waals surface area contributed by atoms with E-state index in [1.54, 1.807) is 55.5 Å². The number of fused-ring (bicyclic) bond motifs is 3. The Balaban J connectivity index is 1.29. The molecule has 55 heavy (non-hydrogen) atoms. The van der Waals surface area contributed by atoms with Gasteiger partial charge in [-0.3, -0.25) is 24.0 Å². The zero-order valence-electron chi connectivity index (χ0n) is 31.0. The van der Waals surface area contributed by atoms with Crippen LogP contribution in [0, 0.1) is 5.92 Å². The first kappa shape index (κ1) is 39.5. The zero-order chi connectivity index (χ0) is 39.2. The normalized spacial score (nSPS) is 27.0. The molecule has 4 aliphatic heterocycles. The monoisotopic (exact) mass is 777 g/mol. The van der Waals surface area contributed by atoms with Crippen LogP contribution >= 0.6 is 11.6 Å². The van der Waals surface area contributed by atoms with Gasteiger partial charge in [-0.1, -0.05) is 48.9 Å². The van der Waals surface area contributed by atoms with Crippen LogP contribution in [0.5, 0.6) is 0 Å². The largest absolute Gasteiger partial charge is 0.461 e. The molecule has 2 aromatic rings. The highest BCUT2D eigenvalue weighted by atomic mass is 35.5. The van der Waals surface area contributed by atoms with E-state index in [1.165, 1.54) is 14.7 Å². The third-order valence-electron chi connectivity index (χ3n) is 10.7. The lowest BCUT2D eigenvalue weighted by Crippen LogP contribution is -2.62. The van der Waals surface area contributed by atoms with Crippen molar-refractivity contribution >= 4 is 58.8 Å². The van der Waals surface area contributed by atoms with Gasteiger partial charge in [-0.2, -0.15) is 0 Å². The molecule has 0 aromatic heterocycles. The van der Waals surface area contributed by atoms with E-state index in [0.717, 1.165) is 5.56 Å². The maximum atomic E-state index is 14.5. The van der Waals surface area contributed by atoms with E-state index in [-0.39, 0.29) is 25.4 Å². The number of esters is 1. The Hall–Kier alpha value is -5.18. The van der Waals surface area contributed by atoms with E-state index >= 15 is 0 Å². The van der Waals surface area contributed by atoms with Crippen LogP contribution in [-0.4, -0.2) is 119 Å². The minimum Gasteiger partial charge on any atom is -0.461 e. The van der Waals surface area contributed by atoms with Crippen molar-refractivity contribution in [2.45, 2.75) is 95.0 Å². The van der Waals surface area contributed by atoms with Crippen molar-refractivity contribution in [3.05, 3.63) is 65.2 Å². The number of rotatable bonds is 6. The second-order valence-electron chi connectivity index (χ2n) is 14.8. The van der Waals surface area contributed by atoms with Gasteiger partial charge in [0.1, 0.15) is 42.9 Å². The number of halogens is 1. The number of carbonyl (C=O) groups excluding carboxylic acids is 7. The van der Waals surface area contributed by atoms with Crippen molar-refractivity contribution < 1.29 is 38.3 Å². The fourth-order valence-electron chi connectivity index (χ4n) is 7.91. The van der Waals surface area contributed by atoms with Crippen LogP contribution < -0.4 is 21.3 Å². The van der Waals surface area contributed by atoms with Gasteiger partial charge >= 0.3 is 12.0 Å². The van der Waals surface area contributed by atoms with E-state index in [4.69, 9.17) is 16.3 Å². The van der Waals surface area contributed by atoms with Crippen LogP contribution in [0.3, 0.4) is 0 Å². The summed E-state index contributed by atoms with van der Waals surface area (Å²) >= 11 is 5.99. The molecular weight excluding hydrogens is 730 g/mol. The molecule has 0 saturated carbocycles. The quantitative estimate of drug-likeness (QED) is 0.322. The number of hydrogen-bond donors (Lipinski definition) is 4. The molecule has 2 aromatic carbocycles. The van der Waals surface area contributed by atoms with E-state index in [1.807, 2.05) is 13.0 Å². The Kier molecular flexibility index (Phi) is 12.6. The third kappa shape index (κ3) is 9.38. The average molecular weight is 778 g/mol. The number of hydrogen-bond acceptors (Lipinski definition) is 8. The Labute approximate surface area is 324 Å². The van der Waals surface area contributed by atoms with E-state index < -0.39 is 84.4 Å². The standard InChI is InChI=1S/C39H48ClN7O8/c1-23-19-32-38(53)55-22-29(43-33(48)28(20-25-9-4-3-5-10-25)44-39(54)42-27-15-13-26(40)14-16-27)36(51)46-18-8-12-31(46)37(52)45-17-7-6-11-30(45)34(49)41-24(2)35(50)47(32)21-23/h3-5,9-10,13-16,23-24,28-32H,6-8,11-12,17-22H2,1-2H3,(H,41,49)(H,43,48)(H2,42,44,54)/t23-,24+,28+,29+,30+,31+,32+/m1/s1. The lowest BCUT2D eigenvalue weighted by Gasteiger charge is -2.39. The van der Waals surface area contributed by atoms with Crippen LogP contribution in [0.15, 0.2) is 54.6 Å². The van der Waals surface area contributed by atoms with Crippen LogP contribution in [0.1, 0.15) is 57.9 Å². The van der Waals surface area contributed by atoms with Gasteiger partial charge in [-0.15, -0.1) is 0 Å². The fraction of sp³-hybridized carbons (Fsp3) is 0.513. The molecule has 0 bridgehead atoms. The Morgan fingerprint density at radius 2 is 1.53 bits per heavy atom. The second kappa shape index (κ2) is 17.5. The lowest BCUT2D eigenvalue weighted by molar-refractivity contribution is -0.158. The minimum atomic E-state index is -1.44. The van der Waals surface area contributed by atoms with Crippen LogP contribution in [0.4, 0.5) is 10.5 Å². The van der Waals surface area contributed by atoms with Crippen molar-refractivity contribution in [3.8, 4) is 0 Å². The first-order valence-corrected chi connectivity index (χ1v) is 19.3. The van der Waals surface area contributed by atoms with Crippen molar-refractivity contribution in [3.63, 3.8) is 0 Å². The van der Waals surface area contributed by atoms with E-state index in [2.05, 4.69) is 21.3 Å². The molecule has 16 heteroatoms. The van der Waals surface area contributed by atoms with Crippen LogP contribution in [-0.2, 0) is 39.9 Å². The smallest absolute Gasteiger partial charge is 0.328 e. The summed E-state index contributed by atoms with van der Waals surface area (Å²) in [6.07, 6.45) is 2.97. The summed E-state index contributed by atoms with van der Waals surface area (Å²) in [5, 5.41) is 11.4. The summed E-state index contributed by atoms with van der Waals surface area (Å²) in [5.74, 6) is -3.51. The Bertz CT molecular complexity index is 1780. The first-order valence-electron chi connectivity index (χ1n) is 19.0. The van der Waals surface area contributed by atoms with Crippen molar-refractivity contribution in [1.82, 2.24) is 30.7 Å². The number of ether oxygens (including phenoxy) is 1. The summed E-state index contributed by atoms with van der Waals surface area (Å²) in [4.78, 5) is 101. The maximum Gasteiger partial charge on any atom is 0.328 e. The minimum absolute atomic E-state index is 0.0516. The Morgan fingerprint density at radius 1 is 0.836 bits per heavy atom. The molecule has 294 valence electrons. The molecule has 7 atom stereocenters. The number of anilines is 1. The van der Waals surface area contributed by atoms with Gasteiger partial charge in [-0.05, 0) is 81.2 Å². The summed E-state index contributed by atoms with van der Waals surface area (Å²) in [5.41, 5.74) is 1.16. The van der Waals surface area contributed by atoms with Crippen molar-refractivity contribution in [1.29, 1.82) is 0 Å². The molecule has 4 saturated heterocycles. The van der Waals surface area contributed by atoms with Gasteiger partial charge in [0.2, 0.25) is 29.5 Å². The SMILES string of the molecule is C[C@@H]1C[C@H]2C(=O)OC[C@H](NC(=O)[C@H](Cc3ccccc3)NC(=O)Nc3ccc(Cl)cc3)C(=O)N3CCC[C@H]3C(=O)N3CCCC[C@H]3C(=O)N[C@@H](C)C(=O)N2C1. The number of piperidine rings is 1. The lowest BCUT2D eigenvalue weighted by atomic mass is 9.99. The topological polar surface area (TPSA) is 187 Å². The van der Waals surface area contributed by atoms with Gasteiger partial charge in [0.25, 0.3) is 0 Å². The fourth-order valence-corrected chi connectivity index (χ4v) is 8.03. The molecule has 15 nitrogen and oxygen atoms in total. The zero-order valence-corrected chi connectivity index (χ0v) is 31.8. The number of nitrogens with one attached hydrogen (secondary N) is 4. The number of nitrogens with zero attached hydrogens (tertiary/aromatic N) is 3. The highest BCUT2D eigenvalue weighted by molar-refractivity contribution is 6.30. The molecule has 4 fully saturated rings. The molecule has 7 amide bonds. The molecule has 0 radical (unpaired) electrons. The molecule has 0 aliphatic carbocycles. The van der Waals surface area contributed by atoms with Crippen LogP contribution in [0.25, 0.3) is 0 Å². The molecule has 0 unspecified atom stereocenters. The molecule has 4 N–H and O–H groups in total. The Morgan fingerprint density at radius 3 is 2.27 bits per heavy atom. The predicted molar refractivity (Wildman–Crippen MR) is 201 cm³/mol. The number of cyclic esters (lactones) is 1. The number of amides is 7. The molecule has 6 rings (SSSR count). The van der Waals surface area contributed by atoms with Crippen molar-refractivity contribution in [2.75, 3.05) is 31.6 Å². The first-order chi connectivity index (χ1) is 26.4. The number of benzene rings is 2. The van der Waals surface area contributed by atoms with Gasteiger partial charge in [0, 0.05) is 36.8 Å². The predicted octanol–water partition coefficient (Wildman–Crippen LogP) is 2.23. The van der Waals surface area contributed by atoms with Gasteiger partial charge in [0.05, 0.1) is 0 Å². The van der Waals surface area contributed by atoms with Crippen molar-refractivity contribution in [2.24, 2.45) is 5.92 Å².